The number of hydrogen-bond donors (Lipinski definition) is 3. The topological polar surface area (TPSA) is 138 Å². The maximum Gasteiger partial charge on any atom is 0.323 e. The quantitative estimate of drug-likeness (QED) is 0.464. The molecule has 0 aliphatic rings. The van der Waals surface area contributed by atoms with E-state index < -0.39 is 14.8 Å². The van der Waals surface area contributed by atoms with Crippen LogP contribution in [0.4, 0.5) is 10.7 Å². The Balaban J connectivity index is 1.88. The Labute approximate surface area is 139 Å². The van der Waals surface area contributed by atoms with Crippen molar-refractivity contribution in [2.75, 3.05) is 11.6 Å². The zero-order valence-corrected chi connectivity index (χ0v) is 14.0. The molecule has 0 fully saturated rings. The van der Waals surface area contributed by atoms with Crippen LogP contribution >= 0.6 is 11.3 Å². The molecular formula is C13H12N4O5S2. The van der Waals surface area contributed by atoms with Crippen molar-refractivity contribution in [1.82, 2.24) is 9.97 Å². The van der Waals surface area contributed by atoms with E-state index in [9.17, 15) is 23.3 Å². The summed E-state index contributed by atoms with van der Waals surface area (Å²) in [6.45, 7) is 0.244. The number of aromatic amines is 2. The average Bonchev–Trinajstić information content (AvgIpc) is 3.06. The molecule has 0 bridgehead atoms. The van der Waals surface area contributed by atoms with E-state index in [-0.39, 0.29) is 27.1 Å². The number of rotatable bonds is 5. The first-order valence-corrected chi connectivity index (χ1v) is 9.38. The average molecular weight is 368 g/mol. The third-order valence-corrected chi connectivity index (χ3v) is 6.17. The second-order valence-electron chi connectivity index (χ2n) is 5.12. The van der Waals surface area contributed by atoms with Crippen LogP contribution < -0.4 is 11.0 Å². The predicted octanol–water partition coefficient (Wildman–Crippen LogP) is 1.84. The number of anilines is 1. The second-order valence-corrected chi connectivity index (χ2v) is 8.42. The van der Waals surface area contributed by atoms with Gasteiger partial charge in [-0.15, -0.1) is 0 Å². The van der Waals surface area contributed by atoms with E-state index in [0.29, 0.717) is 11.0 Å². The highest BCUT2D eigenvalue weighted by Gasteiger charge is 2.23. The molecule has 3 rings (SSSR count). The van der Waals surface area contributed by atoms with Crippen LogP contribution in [-0.2, 0) is 16.4 Å². The van der Waals surface area contributed by atoms with Gasteiger partial charge < -0.3 is 15.3 Å². The third-order valence-electron chi connectivity index (χ3n) is 3.29. The van der Waals surface area contributed by atoms with Crippen molar-refractivity contribution in [1.29, 1.82) is 0 Å². The van der Waals surface area contributed by atoms with Crippen molar-refractivity contribution in [2.24, 2.45) is 0 Å². The number of nitrogens with zero attached hydrogens (tertiary/aromatic N) is 1. The molecule has 0 radical (unpaired) electrons. The number of benzene rings is 1. The minimum Gasteiger partial charge on any atom is -0.367 e. The summed E-state index contributed by atoms with van der Waals surface area (Å²) < 4.78 is 23.1. The molecule has 1 aromatic carbocycles. The molecule has 9 nitrogen and oxygen atoms in total. The van der Waals surface area contributed by atoms with Crippen molar-refractivity contribution in [3.8, 4) is 0 Å². The molecular weight excluding hydrogens is 356 g/mol. The molecule has 0 amide bonds. The van der Waals surface area contributed by atoms with Gasteiger partial charge in [0.25, 0.3) is 0 Å². The van der Waals surface area contributed by atoms with Crippen LogP contribution in [0.5, 0.6) is 0 Å². The van der Waals surface area contributed by atoms with Gasteiger partial charge in [0.15, 0.2) is 14.8 Å². The Hall–Kier alpha value is -2.66. The molecule has 0 saturated heterocycles. The van der Waals surface area contributed by atoms with E-state index in [2.05, 4.69) is 15.3 Å². The molecule has 0 aliphatic carbocycles. The van der Waals surface area contributed by atoms with Gasteiger partial charge in [-0.3, -0.25) is 10.1 Å². The van der Waals surface area contributed by atoms with Gasteiger partial charge in [0.05, 0.1) is 16.0 Å². The van der Waals surface area contributed by atoms with E-state index in [1.165, 1.54) is 0 Å². The molecule has 2 heterocycles. The van der Waals surface area contributed by atoms with E-state index in [4.69, 9.17) is 0 Å². The van der Waals surface area contributed by atoms with Crippen LogP contribution in [0.25, 0.3) is 11.0 Å². The summed E-state index contributed by atoms with van der Waals surface area (Å²) in [5.74, 6) is 0. The fourth-order valence-corrected chi connectivity index (χ4v) is 4.11. The zero-order chi connectivity index (χ0) is 17.5. The Morgan fingerprint density at radius 3 is 2.62 bits per heavy atom. The number of aromatic nitrogens is 2. The molecule has 126 valence electrons. The summed E-state index contributed by atoms with van der Waals surface area (Å²) in [7, 11) is -3.52. The fourth-order valence-electron chi connectivity index (χ4n) is 2.18. The van der Waals surface area contributed by atoms with Gasteiger partial charge in [-0.05, 0) is 17.7 Å². The highest BCUT2D eigenvalue weighted by molar-refractivity contribution is 7.92. The second kappa shape index (κ2) is 5.76. The zero-order valence-electron chi connectivity index (χ0n) is 12.3. The monoisotopic (exact) mass is 368 g/mol. The van der Waals surface area contributed by atoms with Gasteiger partial charge in [0.2, 0.25) is 0 Å². The first-order chi connectivity index (χ1) is 11.2. The van der Waals surface area contributed by atoms with Crippen molar-refractivity contribution >= 4 is 42.9 Å². The van der Waals surface area contributed by atoms with Gasteiger partial charge in [-0.2, -0.15) is 0 Å². The lowest BCUT2D eigenvalue weighted by molar-refractivity contribution is -0.383. The largest absolute Gasteiger partial charge is 0.367 e. The molecule has 0 unspecified atom stereocenters. The lowest BCUT2D eigenvalue weighted by Crippen LogP contribution is -2.00. The van der Waals surface area contributed by atoms with Gasteiger partial charge in [-0.25, -0.2) is 13.2 Å². The molecule has 0 saturated carbocycles. The Morgan fingerprint density at radius 1 is 1.25 bits per heavy atom. The van der Waals surface area contributed by atoms with Crippen molar-refractivity contribution in [3.05, 3.63) is 50.4 Å². The lowest BCUT2D eigenvalue weighted by atomic mass is 10.2. The van der Waals surface area contributed by atoms with E-state index >= 15 is 0 Å². The van der Waals surface area contributed by atoms with Crippen LogP contribution in [0.15, 0.2) is 33.3 Å². The molecule has 2 aromatic heterocycles. The van der Waals surface area contributed by atoms with Crippen molar-refractivity contribution in [3.63, 3.8) is 0 Å². The number of hydrogen-bond acceptors (Lipinski definition) is 7. The van der Waals surface area contributed by atoms with Gasteiger partial charge in [0.1, 0.15) is 4.21 Å². The number of nitrogens with one attached hydrogen (secondary N) is 3. The van der Waals surface area contributed by atoms with Gasteiger partial charge in [-0.1, -0.05) is 17.4 Å². The minimum atomic E-state index is -3.52. The maximum absolute atomic E-state index is 11.6. The van der Waals surface area contributed by atoms with Gasteiger partial charge in [0, 0.05) is 18.9 Å². The lowest BCUT2D eigenvalue weighted by Gasteiger charge is -2.04. The molecule has 3 N–H and O–H groups in total. The number of nitro groups is 1. The first-order valence-electron chi connectivity index (χ1n) is 6.67. The van der Waals surface area contributed by atoms with Crippen LogP contribution in [0.1, 0.15) is 5.56 Å². The van der Waals surface area contributed by atoms with E-state index in [0.717, 1.165) is 29.2 Å². The number of fused-ring (bicyclic) bond motifs is 1. The van der Waals surface area contributed by atoms with E-state index in [1.807, 2.05) is 0 Å². The number of thiophene rings is 1. The van der Waals surface area contributed by atoms with Crippen molar-refractivity contribution in [2.45, 2.75) is 10.8 Å². The highest BCUT2D eigenvalue weighted by atomic mass is 32.2. The predicted molar refractivity (Wildman–Crippen MR) is 90.3 cm³/mol. The third kappa shape index (κ3) is 3.16. The van der Waals surface area contributed by atoms with Crippen LogP contribution in [-0.4, -0.2) is 29.6 Å². The summed E-state index contributed by atoms with van der Waals surface area (Å²) in [6.07, 6.45) is 1.00. The SMILES string of the molecule is CS(=O)(=O)c1cc([N+](=O)[O-])c(NCc2ccc3[nH]c(=O)[nH]c3c2)s1. The van der Waals surface area contributed by atoms with Crippen molar-refractivity contribution < 1.29 is 13.3 Å². The van der Waals surface area contributed by atoms with Crippen LogP contribution in [0.3, 0.4) is 0 Å². The summed E-state index contributed by atoms with van der Waals surface area (Å²) >= 11 is 0.817. The Morgan fingerprint density at radius 2 is 1.96 bits per heavy atom. The smallest absolute Gasteiger partial charge is 0.323 e. The van der Waals surface area contributed by atoms with Gasteiger partial charge >= 0.3 is 11.4 Å². The normalized spacial score (nSPS) is 11.7. The Kier molecular flexibility index (Phi) is 3.89. The summed E-state index contributed by atoms with van der Waals surface area (Å²) in [5, 5.41) is 14.1. The maximum atomic E-state index is 11.6. The van der Waals surface area contributed by atoms with Crippen LogP contribution in [0.2, 0.25) is 0 Å². The molecule has 0 spiro atoms. The summed E-state index contributed by atoms with van der Waals surface area (Å²) in [6, 6.07) is 6.26. The highest BCUT2D eigenvalue weighted by Crippen LogP contribution is 2.37. The number of H-pyrrole nitrogens is 2. The molecule has 0 aliphatic heterocycles. The first kappa shape index (κ1) is 16.2. The van der Waals surface area contributed by atoms with E-state index in [1.54, 1.807) is 18.2 Å². The Bertz CT molecular complexity index is 1090. The van der Waals surface area contributed by atoms with Crippen LogP contribution in [0, 0.1) is 10.1 Å². The number of sulfone groups is 1. The number of imidazole rings is 1. The molecule has 11 heteroatoms. The minimum absolute atomic E-state index is 0.0675. The standard InChI is InChI=1S/C13H12N4O5S2/c1-24(21,22)11-5-10(17(19)20)12(23-11)14-6-7-2-3-8-9(4-7)16-13(18)15-8/h2-5,14H,6H2,1H3,(H2,15,16,18). The molecule has 24 heavy (non-hydrogen) atoms. The summed E-state index contributed by atoms with van der Waals surface area (Å²) in [4.78, 5) is 26.9. The summed E-state index contributed by atoms with van der Waals surface area (Å²) in [5.41, 5.74) is 1.46. The fraction of sp³-hybridized carbons (Fsp3) is 0.154. The molecule has 3 aromatic rings. The molecule has 0 atom stereocenters.